The molecule has 1 aliphatic rings. The Morgan fingerprint density at radius 3 is 2.26 bits per heavy atom. The molecule has 0 saturated heterocycles. The molecule has 2 aromatic carbocycles. The maximum atomic E-state index is 13.6. The molecule has 2 aromatic rings. The number of nitrogens with zero attached hydrogens (tertiary/aromatic N) is 1. The minimum absolute atomic E-state index is 0. The summed E-state index contributed by atoms with van der Waals surface area (Å²) >= 11 is 0. The highest BCUT2D eigenvalue weighted by Gasteiger charge is 2.30. The maximum absolute atomic E-state index is 13.6. The molecule has 146 valence electrons. The Bertz CT molecular complexity index is 866. The summed E-state index contributed by atoms with van der Waals surface area (Å²) in [5.74, 6) is 0.0694. The van der Waals surface area contributed by atoms with E-state index in [4.69, 9.17) is 9.47 Å². The van der Waals surface area contributed by atoms with Crippen molar-refractivity contribution in [3.63, 3.8) is 0 Å². The predicted molar refractivity (Wildman–Crippen MR) is 97.4 cm³/mol. The zero-order valence-electron chi connectivity index (χ0n) is 16.0. The highest BCUT2D eigenvalue weighted by molar-refractivity contribution is 6.00. The molecule has 0 N–H and O–H groups in total. The summed E-state index contributed by atoms with van der Waals surface area (Å²) in [6.45, 7) is 5.63. The Morgan fingerprint density at radius 2 is 1.67 bits per heavy atom. The summed E-state index contributed by atoms with van der Waals surface area (Å²) in [5, 5.41) is 0. The van der Waals surface area contributed by atoms with Crippen LogP contribution in [-0.2, 0) is 13.0 Å². The van der Waals surface area contributed by atoms with Crippen molar-refractivity contribution in [3.8, 4) is 11.5 Å². The molecule has 0 atom stereocenters. The highest BCUT2D eigenvalue weighted by atomic mass is 35.5. The van der Waals surface area contributed by atoms with Gasteiger partial charge in [0.1, 0.15) is 6.54 Å². The topological polar surface area (TPSA) is 21.5 Å². The van der Waals surface area contributed by atoms with Crippen molar-refractivity contribution in [1.82, 2.24) is 0 Å². The van der Waals surface area contributed by atoms with Gasteiger partial charge in [0.05, 0.1) is 14.2 Å². The first kappa shape index (κ1) is 21.2. The zero-order valence-corrected chi connectivity index (χ0v) is 16.7. The van der Waals surface area contributed by atoms with Crippen molar-refractivity contribution >= 4 is 5.71 Å². The lowest BCUT2D eigenvalue weighted by atomic mass is 9.90. The molecule has 6 heteroatoms. The van der Waals surface area contributed by atoms with Crippen molar-refractivity contribution in [2.24, 2.45) is 5.92 Å². The maximum Gasteiger partial charge on any atom is 0.186 e. The van der Waals surface area contributed by atoms with Gasteiger partial charge in [0, 0.05) is 23.5 Å². The van der Waals surface area contributed by atoms with Crippen LogP contribution in [0.5, 0.6) is 11.5 Å². The molecular formula is C21H24ClF2NO2. The van der Waals surface area contributed by atoms with E-state index in [1.807, 2.05) is 12.1 Å². The second-order valence-corrected chi connectivity index (χ2v) is 6.82. The van der Waals surface area contributed by atoms with Crippen LogP contribution in [0.3, 0.4) is 0 Å². The van der Waals surface area contributed by atoms with Crippen LogP contribution in [0.2, 0.25) is 0 Å². The Hall–Kier alpha value is -2.14. The van der Waals surface area contributed by atoms with Gasteiger partial charge in [0.25, 0.3) is 0 Å². The van der Waals surface area contributed by atoms with Gasteiger partial charge in [0.2, 0.25) is 0 Å². The van der Waals surface area contributed by atoms with Crippen LogP contribution in [-0.4, -0.2) is 31.1 Å². The third-order valence-corrected chi connectivity index (χ3v) is 4.78. The molecule has 0 amide bonds. The molecule has 3 nitrogen and oxygen atoms in total. The monoisotopic (exact) mass is 395 g/mol. The zero-order chi connectivity index (χ0) is 18.8. The predicted octanol–water partition coefficient (Wildman–Crippen LogP) is 1.20. The fourth-order valence-electron chi connectivity index (χ4n) is 3.61. The average molecular weight is 396 g/mol. The smallest absolute Gasteiger partial charge is 0.186 e. The molecular weight excluding hydrogens is 372 g/mol. The summed E-state index contributed by atoms with van der Waals surface area (Å²) in [6.07, 6.45) is 0.857. The fourth-order valence-corrected chi connectivity index (χ4v) is 3.61. The molecule has 0 fully saturated rings. The number of rotatable bonds is 5. The fraction of sp³-hybridized carbons (Fsp3) is 0.381. The van der Waals surface area contributed by atoms with E-state index in [0.717, 1.165) is 29.8 Å². The number of fused-ring (bicyclic) bond motifs is 1. The SMILES string of the molecule is COc1cc2c(cc1OC)C(C(C)C)=[N+](Cc1ccc(F)c(F)c1)CC2.[Cl-]. The van der Waals surface area contributed by atoms with Crippen molar-refractivity contribution in [2.75, 3.05) is 20.8 Å². The molecule has 3 rings (SSSR count). The Kier molecular flexibility index (Phi) is 6.82. The first-order valence-corrected chi connectivity index (χ1v) is 8.75. The molecule has 0 saturated carbocycles. The van der Waals surface area contributed by atoms with Gasteiger partial charge in [-0.05, 0) is 35.9 Å². The van der Waals surface area contributed by atoms with Crippen LogP contribution in [0, 0.1) is 17.6 Å². The van der Waals surface area contributed by atoms with E-state index in [0.29, 0.717) is 12.3 Å². The third-order valence-electron chi connectivity index (χ3n) is 4.78. The van der Waals surface area contributed by atoms with Crippen molar-refractivity contribution in [3.05, 3.63) is 58.7 Å². The number of hydrogen-bond donors (Lipinski definition) is 0. The number of hydrogen-bond acceptors (Lipinski definition) is 2. The molecule has 0 spiro atoms. The van der Waals surface area contributed by atoms with E-state index in [-0.39, 0.29) is 18.3 Å². The molecule has 0 unspecified atom stereocenters. The van der Waals surface area contributed by atoms with E-state index < -0.39 is 11.6 Å². The molecule has 0 aromatic heterocycles. The van der Waals surface area contributed by atoms with Gasteiger partial charge in [-0.1, -0.05) is 13.8 Å². The Morgan fingerprint density at radius 1 is 1.00 bits per heavy atom. The highest BCUT2D eigenvalue weighted by Crippen LogP contribution is 2.33. The molecule has 27 heavy (non-hydrogen) atoms. The molecule has 0 radical (unpaired) electrons. The van der Waals surface area contributed by atoms with E-state index in [1.165, 1.54) is 23.4 Å². The van der Waals surface area contributed by atoms with Gasteiger partial charge in [-0.25, -0.2) is 13.4 Å². The van der Waals surface area contributed by atoms with Gasteiger partial charge >= 0.3 is 0 Å². The Balaban J connectivity index is 0.00000261. The summed E-state index contributed by atoms with van der Waals surface area (Å²) in [5.41, 5.74) is 4.28. The van der Waals surface area contributed by atoms with Crippen LogP contribution >= 0.6 is 0 Å². The summed E-state index contributed by atoms with van der Waals surface area (Å²) < 4.78 is 39.9. The number of ether oxygens (including phenoxy) is 2. The summed E-state index contributed by atoms with van der Waals surface area (Å²) in [7, 11) is 3.26. The minimum Gasteiger partial charge on any atom is -1.00 e. The molecule has 1 aliphatic heterocycles. The lowest BCUT2D eigenvalue weighted by Crippen LogP contribution is -3.00. The van der Waals surface area contributed by atoms with E-state index in [1.54, 1.807) is 20.3 Å². The molecule has 1 heterocycles. The quantitative estimate of drug-likeness (QED) is 0.710. The van der Waals surface area contributed by atoms with Crippen molar-refractivity contribution in [2.45, 2.75) is 26.8 Å². The van der Waals surface area contributed by atoms with E-state index in [2.05, 4.69) is 18.4 Å². The average Bonchev–Trinajstić information content (AvgIpc) is 2.63. The van der Waals surface area contributed by atoms with Gasteiger partial charge in [-0.15, -0.1) is 0 Å². The second-order valence-electron chi connectivity index (χ2n) is 6.82. The van der Waals surface area contributed by atoms with E-state index >= 15 is 0 Å². The number of methoxy groups -OCH3 is 2. The standard InChI is InChI=1S/C21H24F2NO2.ClH/c1-13(2)21-16-11-20(26-4)19(25-3)10-15(16)7-8-24(21)12-14-5-6-17(22)18(23)9-14;/h5-6,9-11,13H,7-8,12H2,1-4H3;1H/q+1;/p-1. The van der Waals surface area contributed by atoms with Crippen LogP contribution < -0.4 is 21.9 Å². The van der Waals surface area contributed by atoms with Crippen molar-refractivity contribution < 1.29 is 35.2 Å². The van der Waals surface area contributed by atoms with Crippen LogP contribution in [0.4, 0.5) is 8.78 Å². The van der Waals surface area contributed by atoms with Gasteiger partial charge in [-0.3, -0.25) is 0 Å². The lowest BCUT2D eigenvalue weighted by Gasteiger charge is -2.22. The third kappa shape index (κ3) is 4.24. The van der Waals surface area contributed by atoms with E-state index in [9.17, 15) is 8.78 Å². The number of benzene rings is 2. The lowest BCUT2D eigenvalue weighted by molar-refractivity contribution is -0.546. The van der Waals surface area contributed by atoms with Crippen LogP contribution in [0.1, 0.15) is 30.5 Å². The molecule has 0 bridgehead atoms. The second kappa shape index (κ2) is 8.70. The van der Waals surface area contributed by atoms with Gasteiger partial charge < -0.3 is 21.9 Å². The number of halogens is 3. The normalized spacial score (nSPS) is 13.3. The first-order chi connectivity index (χ1) is 12.4. The van der Waals surface area contributed by atoms with Gasteiger partial charge in [0.15, 0.2) is 35.4 Å². The van der Waals surface area contributed by atoms with Crippen molar-refractivity contribution in [1.29, 1.82) is 0 Å². The van der Waals surface area contributed by atoms with Gasteiger partial charge in [-0.2, -0.15) is 0 Å². The van der Waals surface area contributed by atoms with Crippen LogP contribution in [0.25, 0.3) is 0 Å². The first-order valence-electron chi connectivity index (χ1n) is 8.75. The summed E-state index contributed by atoms with van der Waals surface area (Å²) in [6, 6.07) is 8.15. The summed E-state index contributed by atoms with van der Waals surface area (Å²) in [4.78, 5) is 0. The van der Waals surface area contributed by atoms with Crippen LogP contribution in [0.15, 0.2) is 30.3 Å². The Labute approximate surface area is 165 Å². The molecule has 0 aliphatic carbocycles. The largest absolute Gasteiger partial charge is 1.00 e. The minimum atomic E-state index is -0.817.